The molecule has 0 aliphatic heterocycles. The smallest absolute Gasteiger partial charge is 0.341 e. The quantitative estimate of drug-likeness (QED) is 0.510. The summed E-state index contributed by atoms with van der Waals surface area (Å²) >= 11 is 15.6. The van der Waals surface area contributed by atoms with Crippen LogP contribution in [0.25, 0.3) is 0 Å². The molecule has 0 bridgehead atoms. The third-order valence-electron chi connectivity index (χ3n) is 3.96. The number of rotatable bonds is 7. The zero-order valence-corrected chi connectivity index (χ0v) is 18.2. The van der Waals surface area contributed by atoms with E-state index in [4.69, 9.17) is 32.4 Å². The minimum Gasteiger partial charge on any atom is -0.467 e. The van der Waals surface area contributed by atoms with Gasteiger partial charge in [0.1, 0.15) is 16.9 Å². The van der Waals surface area contributed by atoms with Gasteiger partial charge in [0, 0.05) is 10.5 Å². The number of hydrogen-bond donors (Lipinski definition) is 0. The minimum absolute atomic E-state index is 0.0326. The predicted molar refractivity (Wildman–Crippen MR) is 105 cm³/mol. The fraction of sp³-hybridized carbons (Fsp3) is 0.353. The fourth-order valence-electron chi connectivity index (χ4n) is 2.60. The Morgan fingerprint density at radius 3 is 2.48 bits per heavy atom. The van der Waals surface area contributed by atoms with E-state index in [1.807, 2.05) is 0 Å². The van der Waals surface area contributed by atoms with Crippen LogP contribution in [0.15, 0.2) is 38.2 Å². The first kappa shape index (κ1) is 20.7. The highest BCUT2D eigenvalue weighted by atomic mass is 79.9. The molecule has 3 rings (SSSR count). The summed E-state index contributed by atoms with van der Waals surface area (Å²) in [5, 5.41) is 0.0679. The van der Waals surface area contributed by atoms with Crippen LogP contribution in [-0.4, -0.2) is 31.3 Å². The van der Waals surface area contributed by atoms with Crippen molar-refractivity contribution < 1.29 is 22.4 Å². The monoisotopic (exact) mass is 495 g/mol. The van der Waals surface area contributed by atoms with Crippen molar-refractivity contribution in [1.82, 2.24) is 4.31 Å². The Morgan fingerprint density at radius 1 is 1.30 bits per heavy atom. The Labute approximate surface area is 175 Å². The highest BCUT2D eigenvalue weighted by Crippen LogP contribution is 2.39. The Hall–Kier alpha value is -1.06. The highest BCUT2D eigenvalue weighted by Gasteiger charge is 2.40. The number of hydrogen-bond acceptors (Lipinski definition) is 5. The summed E-state index contributed by atoms with van der Waals surface area (Å²) in [7, 11) is -3.96. The summed E-state index contributed by atoms with van der Waals surface area (Å²) in [5.74, 6) is -0.190. The number of sulfonamides is 1. The lowest BCUT2D eigenvalue weighted by molar-refractivity contribution is 0.0525. The number of furan rings is 1. The zero-order valence-electron chi connectivity index (χ0n) is 14.2. The maximum Gasteiger partial charge on any atom is 0.341 e. The van der Waals surface area contributed by atoms with Crippen molar-refractivity contribution in [2.24, 2.45) is 0 Å². The van der Waals surface area contributed by atoms with Crippen LogP contribution in [-0.2, 0) is 21.3 Å². The first-order valence-corrected chi connectivity index (χ1v) is 11.1. The van der Waals surface area contributed by atoms with Crippen LogP contribution in [0.5, 0.6) is 0 Å². The van der Waals surface area contributed by atoms with E-state index in [1.54, 1.807) is 6.92 Å². The molecule has 0 saturated heterocycles. The van der Waals surface area contributed by atoms with E-state index < -0.39 is 16.0 Å². The van der Waals surface area contributed by atoms with Crippen molar-refractivity contribution >= 4 is 55.1 Å². The SMILES string of the molecule is CCOC(=O)c1coc(CN(C2CC2)S(=O)(=O)c2c(Cl)cc(Br)cc2Cl)c1. The Kier molecular flexibility index (Phi) is 6.22. The van der Waals surface area contributed by atoms with E-state index >= 15 is 0 Å². The standard InChI is InChI=1S/C17H16BrCl2NO5S/c1-2-25-17(22)10-5-13(26-9-10)8-21(12-3-4-12)27(23,24)16-14(19)6-11(18)7-15(16)20/h5-7,9,12H,2-4,8H2,1H3. The van der Waals surface area contributed by atoms with Crippen molar-refractivity contribution in [2.75, 3.05) is 6.61 Å². The zero-order chi connectivity index (χ0) is 19.8. The lowest BCUT2D eigenvalue weighted by Crippen LogP contribution is -2.33. The molecule has 146 valence electrons. The molecule has 6 nitrogen and oxygen atoms in total. The second-order valence-corrected chi connectivity index (χ2v) is 9.56. The van der Waals surface area contributed by atoms with Gasteiger partial charge in [0.25, 0.3) is 0 Å². The van der Waals surface area contributed by atoms with Crippen molar-refractivity contribution in [1.29, 1.82) is 0 Å². The van der Waals surface area contributed by atoms with Crippen LogP contribution < -0.4 is 0 Å². The molecule has 0 spiro atoms. The van der Waals surface area contributed by atoms with E-state index in [0.717, 1.165) is 12.8 Å². The average molecular weight is 497 g/mol. The minimum atomic E-state index is -3.96. The second kappa shape index (κ2) is 8.13. The van der Waals surface area contributed by atoms with Crippen LogP contribution in [0.2, 0.25) is 10.0 Å². The Balaban J connectivity index is 1.92. The van der Waals surface area contributed by atoms with E-state index in [2.05, 4.69) is 15.9 Å². The van der Waals surface area contributed by atoms with Crippen molar-refractivity contribution in [2.45, 2.75) is 37.2 Å². The molecule has 27 heavy (non-hydrogen) atoms. The summed E-state index contributed by atoms with van der Waals surface area (Å²) in [4.78, 5) is 11.6. The molecule has 0 atom stereocenters. The van der Waals surface area contributed by atoms with Gasteiger partial charge in [-0.3, -0.25) is 0 Å². The van der Waals surface area contributed by atoms with Gasteiger partial charge in [-0.05, 0) is 38.0 Å². The van der Waals surface area contributed by atoms with Crippen molar-refractivity contribution in [3.8, 4) is 0 Å². The molecule has 1 aliphatic carbocycles. The lowest BCUT2D eigenvalue weighted by atomic mass is 10.3. The maximum absolute atomic E-state index is 13.2. The molecular formula is C17H16BrCl2NO5S. The summed E-state index contributed by atoms with van der Waals surface area (Å²) in [5.41, 5.74) is 0.236. The molecule has 0 radical (unpaired) electrons. The van der Waals surface area contributed by atoms with Crippen molar-refractivity contribution in [3.63, 3.8) is 0 Å². The first-order valence-electron chi connectivity index (χ1n) is 8.15. The van der Waals surface area contributed by atoms with Gasteiger partial charge in [0.05, 0.1) is 28.8 Å². The molecule has 2 aromatic rings. The summed E-state index contributed by atoms with van der Waals surface area (Å²) in [6.45, 7) is 1.91. The Bertz CT molecular complexity index is 948. The van der Waals surface area contributed by atoms with E-state index in [0.29, 0.717) is 10.2 Å². The fourth-order valence-corrected chi connectivity index (χ4v) is 6.14. The molecule has 0 unspecified atom stereocenters. The molecule has 1 aromatic carbocycles. The summed E-state index contributed by atoms with van der Waals surface area (Å²) in [6, 6.07) is 4.28. The topological polar surface area (TPSA) is 76.8 Å². The molecule has 0 N–H and O–H groups in total. The van der Waals surface area contributed by atoms with E-state index in [9.17, 15) is 13.2 Å². The number of halogens is 3. The van der Waals surface area contributed by atoms with Gasteiger partial charge >= 0.3 is 5.97 Å². The van der Waals surface area contributed by atoms with Gasteiger partial charge in [0.2, 0.25) is 10.0 Å². The van der Waals surface area contributed by atoms with Crippen LogP contribution in [0.3, 0.4) is 0 Å². The number of benzene rings is 1. The second-order valence-electron chi connectivity index (χ2n) is 6.00. The van der Waals surface area contributed by atoms with Crippen LogP contribution in [0.1, 0.15) is 35.9 Å². The molecule has 1 fully saturated rings. The van der Waals surface area contributed by atoms with Gasteiger partial charge in [-0.1, -0.05) is 39.1 Å². The van der Waals surface area contributed by atoms with Gasteiger partial charge in [-0.2, -0.15) is 4.31 Å². The number of esters is 1. The molecular weight excluding hydrogens is 481 g/mol. The molecule has 1 saturated carbocycles. The Morgan fingerprint density at radius 2 is 1.93 bits per heavy atom. The largest absolute Gasteiger partial charge is 0.467 e. The van der Waals surface area contributed by atoms with Crippen LogP contribution in [0.4, 0.5) is 0 Å². The number of nitrogens with zero attached hydrogens (tertiary/aromatic N) is 1. The molecule has 1 aliphatic rings. The predicted octanol–water partition coefficient (Wildman–Crippen LogP) is 4.88. The maximum atomic E-state index is 13.2. The number of carbonyl (C=O) groups is 1. The number of ether oxygens (including phenoxy) is 1. The van der Waals surface area contributed by atoms with Gasteiger partial charge in [0.15, 0.2) is 0 Å². The summed E-state index contributed by atoms with van der Waals surface area (Å²) < 4.78 is 38.6. The van der Waals surface area contributed by atoms with Gasteiger partial charge < -0.3 is 9.15 Å². The average Bonchev–Trinajstić information content (AvgIpc) is 3.28. The van der Waals surface area contributed by atoms with E-state index in [1.165, 1.54) is 28.8 Å². The third-order valence-corrected chi connectivity index (χ3v) is 7.24. The first-order chi connectivity index (χ1) is 12.7. The van der Waals surface area contributed by atoms with Crippen molar-refractivity contribution in [3.05, 3.63) is 50.3 Å². The van der Waals surface area contributed by atoms with Crippen LogP contribution >= 0.6 is 39.1 Å². The third kappa shape index (κ3) is 4.51. The lowest BCUT2D eigenvalue weighted by Gasteiger charge is -2.22. The van der Waals surface area contributed by atoms with Gasteiger partial charge in [-0.15, -0.1) is 0 Å². The molecule has 0 amide bonds. The molecule has 1 aromatic heterocycles. The normalized spacial score (nSPS) is 14.6. The molecule has 1 heterocycles. The van der Waals surface area contributed by atoms with E-state index in [-0.39, 0.29) is 39.7 Å². The summed E-state index contributed by atoms with van der Waals surface area (Å²) in [6.07, 6.45) is 2.72. The van der Waals surface area contributed by atoms with Gasteiger partial charge in [-0.25, -0.2) is 13.2 Å². The number of carbonyl (C=O) groups excluding carboxylic acids is 1. The van der Waals surface area contributed by atoms with Crippen LogP contribution in [0, 0.1) is 0 Å². The highest BCUT2D eigenvalue weighted by molar-refractivity contribution is 9.10. The molecule has 10 heteroatoms.